The monoisotopic (exact) mass is 324 g/mol. The maximum Gasteiger partial charge on any atom is 0.252 e. The first-order chi connectivity index (χ1) is 10.2. The molecule has 1 atom stereocenters. The van der Waals surface area contributed by atoms with Crippen LogP contribution < -0.4 is 10.6 Å². The topological polar surface area (TPSA) is 50.4 Å². The smallest absolute Gasteiger partial charge is 0.252 e. The molecule has 1 aromatic rings. The van der Waals surface area contributed by atoms with Crippen LogP contribution in [0.2, 0.25) is 0 Å². The van der Waals surface area contributed by atoms with Crippen molar-refractivity contribution in [1.29, 1.82) is 0 Å². The van der Waals surface area contributed by atoms with Gasteiger partial charge in [0.1, 0.15) is 5.60 Å². The molecule has 5 heteroatoms. The summed E-state index contributed by atoms with van der Waals surface area (Å²) < 4.78 is 5.57. The standard InChI is InChI=1S/C17H24N2O2.ClH/c1-21-17(8-10-18-11-9-17)16(20)19-12-14-7-6-13-4-2-3-5-15(13)14;/h2-5,14,18H,6-12H2,1H3,(H,19,20);1H. The van der Waals surface area contributed by atoms with Crippen LogP contribution in [0.5, 0.6) is 0 Å². The fourth-order valence-corrected chi connectivity index (χ4v) is 3.59. The van der Waals surface area contributed by atoms with Gasteiger partial charge in [0, 0.05) is 19.6 Å². The van der Waals surface area contributed by atoms with E-state index in [-0.39, 0.29) is 18.3 Å². The van der Waals surface area contributed by atoms with E-state index in [1.807, 2.05) is 0 Å². The molecule has 1 aromatic carbocycles. The van der Waals surface area contributed by atoms with Crippen molar-refractivity contribution in [3.05, 3.63) is 35.4 Å². The van der Waals surface area contributed by atoms with Crippen LogP contribution in [0.3, 0.4) is 0 Å². The van der Waals surface area contributed by atoms with E-state index >= 15 is 0 Å². The molecule has 0 radical (unpaired) electrons. The van der Waals surface area contributed by atoms with Gasteiger partial charge in [0.15, 0.2) is 0 Å². The summed E-state index contributed by atoms with van der Waals surface area (Å²) in [6.07, 6.45) is 3.74. The van der Waals surface area contributed by atoms with Crippen molar-refractivity contribution in [2.24, 2.45) is 0 Å². The minimum atomic E-state index is -0.636. The third-order valence-corrected chi connectivity index (χ3v) is 4.98. The number of rotatable bonds is 4. The van der Waals surface area contributed by atoms with Gasteiger partial charge in [-0.05, 0) is 49.9 Å². The number of ether oxygens (including phenoxy) is 1. The SMILES string of the molecule is COC1(C(=O)NCC2CCc3ccccc32)CCNCC1.Cl. The predicted octanol–water partition coefficient (Wildman–Crippen LogP) is 2.02. The summed E-state index contributed by atoms with van der Waals surface area (Å²) >= 11 is 0. The average molecular weight is 325 g/mol. The molecule has 22 heavy (non-hydrogen) atoms. The van der Waals surface area contributed by atoms with Crippen molar-refractivity contribution >= 4 is 18.3 Å². The van der Waals surface area contributed by atoms with Crippen LogP contribution >= 0.6 is 12.4 Å². The third kappa shape index (κ3) is 3.29. The van der Waals surface area contributed by atoms with E-state index in [2.05, 4.69) is 34.9 Å². The Kier molecular flexibility index (Phi) is 5.84. The van der Waals surface area contributed by atoms with Crippen LogP contribution in [0.25, 0.3) is 0 Å². The highest BCUT2D eigenvalue weighted by atomic mass is 35.5. The third-order valence-electron chi connectivity index (χ3n) is 4.98. The van der Waals surface area contributed by atoms with Gasteiger partial charge in [0.2, 0.25) is 0 Å². The fraction of sp³-hybridized carbons (Fsp3) is 0.588. The number of methoxy groups -OCH3 is 1. The lowest BCUT2D eigenvalue weighted by Crippen LogP contribution is -2.54. The number of benzene rings is 1. The van der Waals surface area contributed by atoms with Crippen molar-refractivity contribution in [1.82, 2.24) is 10.6 Å². The van der Waals surface area contributed by atoms with Crippen LogP contribution in [0.4, 0.5) is 0 Å². The first-order valence-electron chi connectivity index (χ1n) is 7.87. The van der Waals surface area contributed by atoms with Gasteiger partial charge in [-0.1, -0.05) is 24.3 Å². The molecule has 2 aliphatic rings. The Bertz CT molecular complexity index is 515. The van der Waals surface area contributed by atoms with Gasteiger partial charge in [-0.3, -0.25) is 4.79 Å². The molecule has 1 aliphatic carbocycles. The lowest BCUT2D eigenvalue weighted by molar-refractivity contribution is -0.146. The fourth-order valence-electron chi connectivity index (χ4n) is 3.59. The van der Waals surface area contributed by atoms with E-state index in [1.54, 1.807) is 7.11 Å². The number of carbonyl (C=O) groups is 1. The molecule has 1 saturated heterocycles. The average Bonchev–Trinajstić information content (AvgIpc) is 2.96. The molecule has 1 unspecified atom stereocenters. The second-order valence-electron chi connectivity index (χ2n) is 6.09. The molecule has 122 valence electrons. The molecule has 0 aromatic heterocycles. The first kappa shape index (κ1) is 17.3. The van der Waals surface area contributed by atoms with Crippen molar-refractivity contribution in [3.8, 4) is 0 Å². The van der Waals surface area contributed by atoms with E-state index in [0.29, 0.717) is 12.5 Å². The second kappa shape index (κ2) is 7.44. The Labute approximate surface area is 138 Å². The van der Waals surface area contributed by atoms with Gasteiger partial charge < -0.3 is 15.4 Å². The Morgan fingerprint density at radius 1 is 1.36 bits per heavy atom. The molecular weight excluding hydrogens is 300 g/mol. The number of aryl methyl sites for hydroxylation is 1. The normalized spacial score (nSPS) is 22.5. The molecule has 1 aliphatic heterocycles. The molecule has 1 fully saturated rings. The summed E-state index contributed by atoms with van der Waals surface area (Å²) in [5.41, 5.74) is 2.19. The van der Waals surface area contributed by atoms with Crippen molar-refractivity contribution in [3.63, 3.8) is 0 Å². The summed E-state index contributed by atoms with van der Waals surface area (Å²) in [7, 11) is 1.65. The quantitative estimate of drug-likeness (QED) is 0.891. The van der Waals surface area contributed by atoms with Gasteiger partial charge >= 0.3 is 0 Å². The highest BCUT2D eigenvalue weighted by Crippen LogP contribution is 2.32. The number of fused-ring (bicyclic) bond motifs is 1. The highest BCUT2D eigenvalue weighted by molar-refractivity contribution is 5.85. The number of hydrogen-bond donors (Lipinski definition) is 2. The summed E-state index contributed by atoms with van der Waals surface area (Å²) in [6.45, 7) is 2.40. The Morgan fingerprint density at radius 3 is 2.82 bits per heavy atom. The number of hydrogen-bond acceptors (Lipinski definition) is 3. The van der Waals surface area contributed by atoms with E-state index in [1.165, 1.54) is 11.1 Å². The van der Waals surface area contributed by atoms with E-state index in [9.17, 15) is 4.79 Å². The lowest BCUT2D eigenvalue weighted by Gasteiger charge is -2.35. The molecule has 0 spiro atoms. The minimum Gasteiger partial charge on any atom is -0.368 e. The maximum atomic E-state index is 12.6. The molecule has 4 nitrogen and oxygen atoms in total. The van der Waals surface area contributed by atoms with Crippen LogP contribution in [0, 0.1) is 0 Å². The number of carbonyl (C=O) groups excluding carboxylic acids is 1. The largest absolute Gasteiger partial charge is 0.368 e. The zero-order valence-electron chi connectivity index (χ0n) is 13.1. The maximum absolute atomic E-state index is 12.6. The number of halogens is 1. The Hall–Kier alpha value is -1.10. The van der Waals surface area contributed by atoms with Gasteiger partial charge in [-0.25, -0.2) is 0 Å². The molecule has 3 rings (SSSR count). The van der Waals surface area contributed by atoms with Crippen LogP contribution in [0.15, 0.2) is 24.3 Å². The number of nitrogens with one attached hydrogen (secondary N) is 2. The van der Waals surface area contributed by atoms with Crippen LogP contribution in [0.1, 0.15) is 36.3 Å². The number of amides is 1. The van der Waals surface area contributed by atoms with Crippen LogP contribution in [-0.2, 0) is 16.0 Å². The summed E-state index contributed by atoms with van der Waals surface area (Å²) in [5, 5.41) is 6.41. The highest BCUT2D eigenvalue weighted by Gasteiger charge is 2.39. The number of piperidine rings is 1. The molecule has 0 saturated carbocycles. The Balaban J connectivity index is 0.00000176. The van der Waals surface area contributed by atoms with Gasteiger partial charge in [0.25, 0.3) is 5.91 Å². The van der Waals surface area contributed by atoms with E-state index < -0.39 is 5.60 Å². The first-order valence-corrected chi connectivity index (χ1v) is 7.87. The van der Waals surface area contributed by atoms with Gasteiger partial charge in [0.05, 0.1) is 0 Å². The zero-order chi connectivity index (χ0) is 14.7. The molecule has 1 heterocycles. The molecule has 2 N–H and O–H groups in total. The summed E-state index contributed by atoms with van der Waals surface area (Å²) in [6, 6.07) is 8.56. The van der Waals surface area contributed by atoms with Gasteiger partial charge in [-0.2, -0.15) is 0 Å². The van der Waals surface area contributed by atoms with E-state index in [4.69, 9.17) is 4.74 Å². The molecule has 0 bridgehead atoms. The minimum absolute atomic E-state index is 0. The summed E-state index contributed by atoms with van der Waals surface area (Å²) in [5.74, 6) is 0.497. The van der Waals surface area contributed by atoms with Crippen LogP contribution in [-0.4, -0.2) is 38.3 Å². The van der Waals surface area contributed by atoms with Crippen molar-refractivity contribution in [2.75, 3.05) is 26.7 Å². The van der Waals surface area contributed by atoms with E-state index in [0.717, 1.165) is 38.8 Å². The van der Waals surface area contributed by atoms with Gasteiger partial charge in [-0.15, -0.1) is 12.4 Å². The summed E-state index contributed by atoms with van der Waals surface area (Å²) in [4.78, 5) is 12.6. The Morgan fingerprint density at radius 2 is 2.09 bits per heavy atom. The molecular formula is C17H25ClN2O2. The lowest BCUT2D eigenvalue weighted by atomic mass is 9.90. The predicted molar refractivity (Wildman–Crippen MR) is 89.6 cm³/mol. The zero-order valence-corrected chi connectivity index (χ0v) is 13.9. The van der Waals surface area contributed by atoms with Crippen molar-refractivity contribution < 1.29 is 9.53 Å². The molecule has 1 amide bonds. The second-order valence-corrected chi connectivity index (χ2v) is 6.09. The van der Waals surface area contributed by atoms with Crippen molar-refractivity contribution in [2.45, 2.75) is 37.2 Å².